The number of nitrogens with two attached hydrogens (primary N) is 1. The third-order valence-electron chi connectivity index (χ3n) is 1.12. The van der Waals surface area contributed by atoms with Crippen LogP contribution in [-0.4, -0.2) is 29.1 Å². The Morgan fingerprint density at radius 1 is 1.50 bits per heavy atom. The number of hydrogen-bond donors (Lipinski definition) is 3. The first kappa shape index (κ1) is 8.69. The second-order valence-electron chi connectivity index (χ2n) is 2.42. The maximum atomic E-state index is 5.13. The van der Waals surface area contributed by atoms with Gasteiger partial charge in [0.05, 0.1) is 0 Å². The molecule has 0 atom stereocenters. The van der Waals surface area contributed by atoms with E-state index in [9.17, 15) is 0 Å². The molecule has 1 aromatic rings. The van der Waals surface area contributed by atoms with E-state index in [2.05, 4.69) is 20.8 Å². The minimum atomic E-state index is 0.391. The molecule has 12 heavy (non-hydrogen) atoms. The van der Waals surface area contributed by atoms with E-state index in [0.717, 1.165) is 0 Å². The Bertz CT molecular complexity index is 248. The summed E-state index contributed by atoms with van der Waals surface area (Å²) in [5, 5.41) is 1.78. The predicted octanol–water partition coefficient (Wildman–Crippen LogP) is -0.349. The average molecular weight is 168 g/mol. The second kappa shape index (κ2) is 3.84. The van der Waals surface area contributed by atoms with Crippen LogP contribution in [0.15, 0.2) is 12.3 Å². The van der Waals surface area contributed by atoms with Gasteiger partial charge in [-0.25, -0.2) is 15.8 Å². The maximum absolute atomic E-state index is 5.13. The van der Waals surface area contributed by atoms with Gasteiger partial charge in [0, 0.05) is 26.4 Å². The van der Waals surface area contributed by atoms with E-state index in [1.807, 2.05) is 14.1 Å². The first-order valence-corrected chi connectivity index (χ1v) is 3.46. The molecule has 0 bridgehead atoms. The van der Waals surface area contributed by atoms with Crippen LogP contribution in [0.1, 0.15) is 0 Å². The molecule has 0 saturated carbocycles. The van der Waals surface area contributed by atoms with Crippen LogP contribution in [0.4, 0.5) is 11.8 Å². The van der Waals surface area contributed by atoms with Crippen molar-refractivity contribution >= 4 is 11.8 Å². The molecule has 0 aliphatic carbocycles. The second-order valence-corrected chi connectivity index (χ2v) is 2.42. The highest BCUT2D eigenvalue weighted by molar-refractivity contribution is 5.37. The molecule has 1 rings (SSSR count). The summed E-state index contributed by atoms with van der Waals surface area (Å²) in [4.78, 5) is 7.89. The summed E-state index contributed by atoms with van der Waals surface area (Å²) in [7, 11) is 3.75. The third kappa shape index (κ3) is 2.33. The summed E-state index contributed by atoms with van der Waals surface area (Å²) in [6, 6.07) is 1.75. The minimum absolute atomic E-state index is 0.391. The van der Waals surface area contributed by atoms with E-state index in [1.165, 1.54) is 0 Å². The fourth-order valence-corrected chi connectivity index (χ4v) is 0.720. The van der Waals surface area contributed by atoms with Crippen LogP contribution >= 0.6 is 0 Å². The van der Waals surface area contributed by atoms with Crippen molar-refractivity contribution in [1.29, 1.82) is 0 Å². The Hall–Kier alpha value is -1.40. The number of rotatable bonds is 3. The highest BCUT2D eigenvalue weighted by Gasteiger charge is 1.96. The summed E-state index contributed by atoms with van der Waals surface area (Å²) in [5.41, 5.74) is 5.33. The number of aromatic nitrogens is 2. The Morgan fingerprint density at radius 3 is 2.83 bits per heavy atom. The quantitative estimate of drug-likeness (QED) is 0.423. The SMILES string of the molecule is CN(C)Nc1ccnc(NN)n1. The monoisotopic (exact) mass is 168 g/mol. The van der Waals surface area contributed by atoms with Gasteiger partial charge in [0.25, 0.3) is 0 Å². The molecule has 0 unspecified atom stereocenters. The smallest absolute Gasteiger partial charge is 0.239 e. The largest absolute Gasteiger partial charge is 0.303 e. The van der Waals surface area contributed by atoms with E-state index in [1.54, 1.807) is 17.3 Å². The van der Waals surface area contributed by atoms with Crippen LogP contribution in [0.25, 0.3) is 0 Å². The summed E-state index contributed by atoms with van der Waals surface area (Å²) in [5.74, 6) is 6.22. The standard InChI is InChI=1S/C6H12N6/c1-12(2)11-5-3-4-8-6(9-5)10-7/h3-4H,7H2,1-2H3,(H2,8,9,10,11). The third-order valence-corrected chi connectivity index (χ3v) is 1.12. The van der Waals surface area contributed by atoms with Gasteiger partial charge in [-0.05, 0) is 0 Å². The lowest BCUT2D eigenvalue weighted by Gasteiger charge is -2.12. The topological polar surface area (TPSA) is 79.1 Å². The van der Waals surface area contributed by atoms with Gasteiger partial charge in [0.1, 0.15) is 5.82 Å². The Kier molecular flexibility index (Phi) is 2.78. The number of hydrazine groups is 2. The van der Waals surface area contributed by atoms with E-state index in [4.69, 9.17) is 5.84 Å². The van der Waals surface area contributed by atoms with Gasteiger partial charge in [-0.15, -0.1) is 0 Å². The van der Waals surface area contributed by atoms with Gasteiger partial charge in [-0.1, -0.05) is 0 Å². The van der Waals surface area contributed by atoms with Crippen molar-refractivity contribution in [3.8, 4) is 0 Å². The Morgan fingerprint density at radius 2 is 2.25 bits per heavy atom. The maximum Gasteiger partial charge on any atom is 0.239 e. The highest BCUT2D eigenvalue weighted by atomic mass is 15.5. The molecule has 0 saturated heterocycles. The summed E-state index contributed by atoms with van der Waals surface area (Å²) < 4.78 is 0. The van der Waals surface area contributed by atoms with Crippen LogP contribution < -0.4 is 16.7 Å². The number of nitrogens with zero attached hydrogens (tertiary/aromatic N) is 3. The first-order valence-electron chi connectivity index (χ1n) is 3.46. The van der Waals surface area contributed by atoms with Crippen molar-refractivity contribution in [2.24, 2.45) is 5.84 Å². The predicted molar refractivity (Wildman–Crippen MR) is 47.2 cm³/mol. The molecule has 0 amide bonds. The van der Waals surface area contributed by atoms with Crippen molar-refractivity contribution in [2.75, 3.05) is 24.9 Å². The summed E-state index contributed by atoms with van der Waals surface area (Å²) in [6.45, 7) is 0. The van der Waals surface area contributed by atoms with Crippen LogP contribution in [0.5, 0.6) is 0 Å². The Labute approximate surface area is 70.7 Å². The molecule has 0 fully saturated rings. The minimum Gasteiger partial charge on any atom is -0.303 e. The van der Waals surface area contributed by atoms with Crippen LogP contribution in [0.3, 0.4) is 0 Å². The zero-order valence-electron chi connectivity index (χ0n) is 7.07. The number of hydrogen-bond acceptors (Lipinski definition) is 6. The van der Waals surface area contributed by atoms with Gasteiger partial charge in [-0.2, -0.15) is 4.98 Å². The van der Waals surface area contributed by atoms with Gasteiger partial charge < -0.3 is 5.43 Å². The van der Waals surface area contributed by atoms with Crippen molar-refractivity contribution < 1.29 is 0 Å². The average Bonchev–Trinajstić information content (AvgIpc) is 2.03. The van der Waals surface area contributed by atoms with E-state index in [0.29, 0.717) is 11.8 Å². The molecule has 6 nitrogen and oxygen atoms in total. The summed E-state index contributed by atoms with van der Waals surface area (Å²) >= 11 is 0. The number of nitrogen functional groups attached to an aromatic ring is 1. The van der Waals surface area contributed by atoms with Crippen LogP contribution in [0, 0.1) is 0 Å². The molecule has 0 radical (unpaired) electrons. The van der Waals surface area contributed by atoms with Crippen molar-refractivity contribution in [2.45, 2.75) is 0 Å². The molecular formula is C6H12N6. The van der Waals surface area contributed by atoms with Gasteiger partial charge in [0.15, 0.2) is 0 Å². The molecule has 4 N–H and O–H groups in total. The lowest BCUT2D eigenvalue weighted by Crippen LogP contribution is -2.21. The van der Waals surface area contributed by atoms with Gasteiger partial charge in [-0.3, -0.25) is 5.43 Å². The molecule has 1 aromatic heterocycles. The Balaban J connectivity index is 2.72. The molecule has 6 heteroatoms. The molecule has 0 aliphatic rings. The molecule has 0 aromatic carbocycles. The summed E-state index contributed by atoms with van der Waals surface area (Å²) in [6.07, 6.45) is 1.62. The van der Waals surface area contributed by atoms with Crippen molar-refractivity contribution in [1.82, 2.24) is 15.0 Å². The van der Waals surface area contributed by atoms with E-state index in [-0.39, 0.29) is 0 Å². The van der Waals surface area contributed by atoms with Crippen molar-refractivity contribution in [3.05, 3.63) is 12.3 Å². The first-order chi connectivity index (χ1) is 5.72. The molecule has 1 heterocycles. The normalized spacial score (nSPS) is 10.0. The molecule has 0 spiro atoms. The van der Waals surface area contributed by atoms with Crippen LogP contribution in [-0.2, 0) is 0 Å². The van der Waals surface area contributed by atoms with Gasteiger partial charge in [0.2, 0.25) is 5.95 Å². The fourth-order valence-electron chi connectivity index (χ4n) is 0.720. The van der Waals surface area contributed by atoms with Gasteiger partial charge >= 0.3 is 0 Å². The lowest BCUT2D eigenvalue weighted by atomic mass is 10.6. The molecule has 0 aliphatic heterocycles. The van der Waals surface area contributed by atoms with Crippen molar-refractivity contribution in [3.63, 3.8) is 0 Å². The van der Waals surface area contributed by atoms with E-state index < -0.39 is 0 Å². The molecular weight excluding hydrogens is 156 g/mol. The lowest BCUT2D eigenvalue weighted by molar-refractivity contribution is 0.492. The highest BCUT2D eigenvalue weighted by Crippen LogP contribution is 2.03. The zero-order chi connectivity index (χ0) is 8.97. The molecule has 66 valence electrons. The fraction of sp³-hybridized carbons (Fsp3) is 0.333. The van der Waals surface area contributed by atoms with E-state index >= 15 is 0 Å². The zero-order valence-corrected chi connectivity index (χ0v) is 7.07. The number of anilines is 2. The number of nitrogens with one attached hydrogen (secondary N) is 2. The van der Waals surface area contributed by atoms with Crippen LogP contribution in [0.2, 0.25) is 0 Å².